The first-order valence-electron chi connectivity index (χ1n) is 20.3. The minimum atomic E-state index is -1.75. The lowest BCUT2D eigenvalue weighted by atomic mass is 10.1. The predicted octanol–water partition coefficient (Wildman–Crippen LogP) is -3.19. The number of nitrogens with zero attached hydrogens (tertiary/aromatic N) is 7. The number of imidazole rings is 2. The van der Waals surface area contributed by atoms with E-state index in [2.05, 4.69) is 15.3 Å². The number of amides is 5. The minimum absolute atomic E-state index is 0.0295. The smallest absolute Gasteiger partial charge is 0.326 e. The number of quaternary nitrogens is 1. The molecule has 68 heavy (non-hydrogen) atoms. The van der Waals surface area contributed by atoms with Gasteiger partial charge in [-0.3, -0.25) is 38.4 Å². The van der Waals surface area contributed by atoms with Gasteiger partial charge >= 0.3 is 53.8 Å². The lowest BCUT2D eigenvalue weighted by Gasteiger charge is -2.34. The Balaban J connectivity index is 2.27. The molecule has 0 radical (unpaired) electrons. The van der Waals surface area contributed by atoms with E-state index < -0.39 is 155 Å². The highest BCUT2D eigenvalue weighted by Crippen LogP contribution is 2.20. The SMILES string of the molecule is C[N+](CCCC[C@@H](NC(=O)CCC(NC(=O)NC(CCC(=O)O)C(=O)O)C(=O)O)C(=O)O)(Cc1nccn1CC(=O)N(CC(=O)O)CC(=O)O)Cc1nccn1CC(=O)N(CC(=O)O)CC(=O)O. The van der Waals surface area contributed by atoms with Crippen LogP contribution < -0.4 is 16.0 Å². The number of unbranched alkanes of at least 4 members (excludes halogenated alkanes) is 1. The summed E-state index contributed by atoms with van der Waals surface area (Å²) in [6, 6.07) is -6.21. The van der Waals surface area contributed by atoms with Gasteiger partial charge in [0.05, 0.1) is 13.6 Å². The number of urea groups is 1. The molecular weight excluding hydrogens is 916 g/mol. The van der Waals surface area contributed by atoms with Gasteiger partial charge in [-0.2, -0.15) is 0 Å². The molecule has 0 aromatic carbocycles. The fraction of sp³-hybridized carbons (Fsp3) is 0.526. The van der Waals surface area contributed by atoms with Crippen molar-refractivity contribution >= 4 is 71.5 Å². The molecule has 2 aromatic rings. The fourth-order valence-electron chi connectivity index (χ4n) is 6.56. The van der Waals surface area contributed by atoms with Crippen molar-refractivity contribution in [2.75, 3.05) is 39.8 Å². The third-order valence-electron chi connectivity index (χ3n) is 9.86. The highest BCUT2D eigenvalue weighted by Gasteiger charge is 2.31. The summed E-state index contributed by atoms with van der Waals surface area (Å²) in [5.74, 6) is -14.1. The molecule has 0 fully saturated rings. The molecule has 11 N–H and O–H groups in total. The van der Waals surface area contributed by atoms with Crippen LogP contribution >= 0.6 is 0 Å². The van der Waals surface area contributed by atoms with E-state index in [-0.39, 0.29) is 55.0 Å². The molecule has 30 heteroatoms. The maximum Gasteiger partial charge on any atom is 0.326 e. The third-order valence-corrected chi connectivity index (χ3v) is 9.86. The van der Waals surface area contributed by atoms with Gasteiger partial charge in [0.25, 0.3) is 0 Å². The van der Waals surface area contributed by atoms with Crippen molar-refractivity contribution in [3.05, 3.63) is 36.4 Å². The normalized spacial score (nSPS) is 12.4. The van der Waals surface area contributed by atoms with E-state index in [9.17, 15) is 93.3 Å². The zero-order chi connectivity index (χ0) is 51.3. The van der Waals surface area contributed by atoms with Crippen LogP contribution in [0.2, 0.25) is 0 Å². The molecule has 0 bridgehead atoms. The van der Waals surface area contributed by atoms with E-state index in [1.54, 1.807) is 7.05 Å². The lowest BCUT2D eigenvalue weighted by molar-refractivity contribution is -0.937. The number of aliphatic carboxylic acids is 8. The summed E-state index contributed by atoms with van der Waals surface area (Å²) in [6.45, 7) is -4.59. The van der Waals surface area contributed by atoms with Crippen LogP contribution in [-0.2, 0) is 78.9 Å². The van der Waals surface area contributed by atoms with Crippen LogP contribution in [0.5, 0.6) is 0 Å². The van der Waals surface area contributed by atoms with Crippen LogP contribution in [-0.4, -0.2) is 204 Å². The molecule has 0 saturated carbocycles. The summed E-state index contributed by atoms with van der Waals surface area (Å²) in [5, 5.41) is 80.7. The van der Waals surface area contributed by atoms with E-state index >= 15 is 0 Å². The van der Waals surface area contributed by atoms with Gasteiger partial charge in [0.1, 0.15) is 70.5 Å². The van der Waals surface area contributed by atoms with Gasteiger partial charge < -0.3 is 80.2 Å². The second-order valence-electron chi connectivity index (χ2n) is 15.5. The summed E-state index contributed by atoms with van der Waals surface area (Å²) < 4.78 is 2.64. The highest BCUT2D eigenvalue weighted by molar-refractivity contribution is 5.88. The molecule has 0 spiro atoms. The average molecular weight is 970 g/mol. The maximum absolute atomic E-state index is 13.1. The maximum atomic E-state index is 13.1. The van der Waals surface area contributed by atoms with Crippen LogP contribution in [0, 0.1) is 0 Å². The Kier molecular flexibility index (Phi) is 22.0. The monoisotopic (exact) mass is 969 g/mol. The Morgan fingerprint density at radius 2 is 0.926 bits per heavy atom. The molecule has 5 amide bonds. The van der Waals surface area contributed by atoms with Gasteiger partial charge in [-0.1, -0.05) is 0 Å². The number of carboxylic acid groups (broad SMARTS) is 8. The van der Waals surface area contributed by atoms with E-state index in [0.717, 1.165) is 0 Å². The van der Waals surface area contributed by atoms with E-state index in [0.29, 0.717) is 9.80 Å². The molecule has 2 aromatic heterocycles. The summed E-state index contributed by atoms with van der Waals surface area (Å²) in [5.41, 5.74) is 0. The molecule has 2 unspecified atom stereocenters. The Hall–Kier alpha value is -8.18. The Morgan fingerprint density at radius 3 is 1.29 bits per heavy atom. The first kappa shape index (κ1) is 56.0. The number of carbonyl (C=O) groups excluding carboxylic acids is 4. The molecule has 0 saturated heterocycles. The zero-order valence-electron chi connectivity index (χ0n) is 36.5. The van der Waals surface area contributed by atoms with Gasteiger partial charge in [0, 0.05) is 37.6 Å². The summed E-state index contributed by atoms with van der Waals surface area (Å²) in [7, 11) is 1.70. The highest BCUT2D eigenvalue weighted by atomic mass is 16.4. The third kappa shape index (κ3) is 20.3. The van der Waals surface area contributed by atoms with Crippen molar-refractivity contribution in [3.63, 3.8) is 0 Å². The molecule has 0 aliphatic carbocycles. The number of carboxylic acids is 8. The quantitative estimate of drug-likeness (QED) is 0.0248. The van der Waals surface area contributed by atoms with Crippen molar-refractivity contribution in [2.24, 2.45) is 0 Å². The predicted molar refractivity (Wildman–Crippen MR) is 221 cm³/mol. The summed E-state index contributed by atoms with van der Waals surface area (Å²) in [4.78, 5) is 153. The second kappa shape index (κ2) is 26.7. The number of nitrogens with one attached hydrogen (secondary N) is 3. The van der Waals surface area contributed by atoms with Gasteiger partial charge in [-0.05, 0) is 32.1 Å². The number of hydrogen-bond acceptors (Lipinski definition) is 14. The summed E-state index contributed by atoms with van der Waals surface area (Å²) in [6.07, 6.45) is 3.28. The second-order valence-corrected chi connectivity index (χ2v) is 15.5. The molecule has 374 valence electrons. The molecule has 2 rings (SSSR count). The Morgan fingerprint density at radius 1 is 0.544 bits per heavy atom. The van der Waals surface area contributed by atoms with E-state index in [1.807, 2.05) is 10.6 Å². The van der Waals surface area contributed by atoms with Crippen molar-refractivity contribution in [3.8, 4) is 0 Å². The Labute approximate surface area is 384 Å². The molecule has 3 atom stereocenters. The standard InChI is InChI=1S/C38H52N10O20/c1-48(20-25-39-9-11-44(25)14-28(50)46(16-31(54)55)17-32(56)57,21-26-40-10-12-45(26)15-29(51)47(18-33(58)59)19-34(60)61)13-3-2-4-22(35(62)63)41-27(49)7-5-23(36(64)65)42-38(68)43-24(37(66)67)6-8-30(52)53/h9-12,22-24H,2-8,13-21H2,1H3,(H10-,41,42,43,49,52,53,54,55,56,57,58,59,60,61,62,63,64,65,66,67,68)/p+1/t22-,23?,24?/m1/s1. The van der Waals surface area contributed by atoms with Crippen molar-refractivity contribution in [1.29, 1.82) is 0 Å². The van der Waals surface area contributed by atoms with Gasteiger partial charge in [-0.25, -0.2) is 29.1 Å². The largest absolute Gasteiger partial charge is 0.481 e. The molecule has 0 aliphatic rings. The first-order valence-corrected chi connectivity index (χ1v) is 20.3. The van der Waals surface area contributed by atoms with Gasteiger partial charge in [0.2, 0.25) is 17.7 Å². The van der Waals surface area contributed by atoms with E-state index in [4.69, 9.17) is 5.11 Å². The van der Waals surface area contributed by atoms with Crippen LogP contribution in [0.25, 0.3) is 0 Å². The first-order chi connectivity index (χ1) is 31.8. The number of hydrogen-bond donors (Lipinski definition) is 11. The number of rotatable bonds is 33. The topological polar surface area (TPSA) is 445 Å². The van der Waals surface area contributed by atoms with Crippen molar-refractivity contribution in [2.45, 2.75) is 89.3 Å². The Bertz CT molecular complexity index is 2070. The van der Waals surface area contributed by atoms with Gasteiger partial charge in [0.15, 0.2) is 11.6 Å². The van der Waals surface area contributed by atoms with Crippen molar-refractivity contribution in [1.82, 2.24) is 44.9 Å². The molecule has 2 heterocycles. The minimum Gasteiger partial charge on any atom is -0.481 e. The van der Waals surface area contributed by atoms with Gasteiger partial charge in [-0.15, -0.1) is 0 Å². The van der Waals surface area contributed by atoms with Crippen LogP contribution in [0.3, 0.4) is 0 Å². The summed E-state index contributed by atoms with van der Waals surface area (Å²) >= 11 is 0. The van der Waals surface area contributed by atoms with E-state index in [1.165, 1.54) is 33.9 Å². The molecule has 30 nitrogen and oxygen atoms in total. The average Bonchev–Trinajstić information content (AvgIpc) is 3.84. The fourth-order valence-corrected chi connectivity index (χ4v) is 6.56. The number of aromatic nitrogens is 4. The van der Waals surface area contributed by atoms with Crippen LogP contribution in [0.1, 0.15) is 56.6 Å². The van der Waals surface area contributed by atoms with Crippen LogP contribution in [0.15, 0.2) is 24.8 Å². The van der Waals surface area contributed by atoms with Crippen LogP contribution in [0.4, 0.5) is 4.79 Å². The lowest BCUT2D eigenvalue weighted by Crippen LogP contribution is -2.51. The zero-order valence-corrected chi connectivity index (χ0v) is 36.5. The molecular formula is C38H53N10O20+. The molecule has 0 aliphatic heterocycles. The van der Waals surface area contributed by atoms with Crippen molar-refractivity contribution < 1.29 is 103 Å². The number of carbonyl (C=O) groups is 12.